The van der Waals surface area contributed by atoms with Crippen molar-refractivity contribution in [1.29, 1.82) is 0 Å². The molecule has 2 rings (SSSR count). The minimum Gasteiger partial charge on any atom is -0.355 e. The lowest BCUT2D eigenvalue weighted by atomic mass is 10.2. The molecule has 2 N–H and O–H groups in total. The van der Waals surface area contributed by atoms with Crippen LogP contribution in [0.2, 0.25) is 0 Å². The van der Waals surface area contributed by atoms with Gasteiger partial charge < -0.3 is 10.6 Å². The van der Waals surface area contributed by atoms with E-state index in [0.717, 1.165) is 17.1 Å². The molecule has 0 radical (unpaired) electrons. The highest BCUT2D eigenvalue weighted by molar-refractivity contribution is 7.98. The Kier molecular flexibility index (Phi) is 7.16. The number of carbonyl (C=O) groups excluding carboxylic acids is 2. The summed E-state index contributed by atoms with van der Waals surface area (Å²) in [6, 6.07) is 11.6. The third kappa shape index (κ3) is 5.73. The molecule has 0 aliphatic rings. The summed E-state index contributed by atoms with van der Waals surface area (Å²) in [4.78, 5) is 26.1. The van der Waals surface area contributed by atoms with E-state index >= 15 is 0 Å². The van der Waals surface area contributed by atoms with Crippen LogP contribution in [0.25, 0.3) is 0 Å². The minimum absolute atomic E-state index is 0.00274. The molecule has 4 nitrogen and oxygen atoms in total. The molecule has 0 saturated heterocycles. The summed E-state index contributed by atoms with van der Waals surface area (Å²) in [6.45, 7) is 2.62. The van der Waals surface area contributed by atoms with Crippen molar-refractivity contribution < 1.29 is 9.59 Å². The Morgan fingerprint density at radius 3 is 2.70 bits per heavy atom. The van der Waals surface area contributed by atoms with Crippen LogP contribution in [-0.4, -0.2) is 24.9 Å². The molecule has 0 spiro atoms. The molecule has 0 aliphatic heterocycles. The van der Waals surface area contributed by atoms with E-state index in [9.17, 15) is 9.59 Å². The summed E-state index contributed by atoms with van der Waals surface area (Å²) in [5.74, 6) is 0.453. The first kappa shape index (κ1) is 17.6. The van der Waals surface area contributed by atoms with Crippen molar-refractivity contribution in [1.82, 2.24) is 10.6 Å². The highest BCUT2D eigenvalue weighted by Gasteiger charge is 2.12. The van der Waals surface area contributed by atoms with Gasteiger partial charge in [0, 0.05) is 22.1 Å². The lowest BCUT2D eigenvalue weighted by Gasteiger charge is -2.09. The lowest BCUT2D eigenvalue weighted by Crippen LogP contribution is -2.37. The number of nitrogens with one attached hydrogen (secondary N) is 2. The molecule has 0 saturated carbocycles. The fraction of sp³-hybridized carbons (Fsp3) is 0.294. The predicted molar refractivity (Wildman–Crippen MR) is 96.0 cm³/mol. The molecular weight excluding hydrogens is 328 g/mol. The van der Waals surface area contributed by atoms with Crippen LogP contribution in [0.5, 0.6) is 0 Å². The van der Waals surface area contributed by atoms with E-state index in [4.69, 9.17) is 0 Å². The second kappa shape index (κ2) is 9.37. The molecule has 23 heavy (non-hydrogen) atoms. The number of thioether (sulfide) groups is 1. The van der Waals surface area contributed by atoms with Crippen LogP contribution in [-0.2, 0) is 10.5 Å². The van der Waals surface area contributed by atoms with Crippen molar-refractivity contribution in [2.24, 2.45) is 0 Å². The first-order valence-corrected chi connectivity index (χ1v) is 9.36. The van der Waals surface area contributed by atoms with Gasteiger partial charge in [0.2, 0.25) is 5.91 Å². The zero-order chi connectivity index (χ0) is 16.5. The molecular formula is C17H20N2O2S2. The van der Waals surface area contributed by atoms with E-state index in [-0.39, 0.29) is 18.4 Å². The Bertz CT molecular complexity index is 642. The monoisotopic (exact) mass is 348 g/mol. The Hall–Kier alpha value is -1.79. The SMILES string of the molecule is CCCNC(=O)CNC(=O)c1ccccc1SCc1cccs1. The summed E-state index contributed by atoms with van der Waals surface area (Å²) in [6.07, 6.45) is 0.877. The zero-order valence-electron chi connectivity index (χ0n) is 13.0. The molecule has 0 fully saturated rings. The fourth-order valence-electron chi connectivity index (χ4n) is 1.91. The van der Waals surface area contributed by atoms with Crippen LogP contribution in [0.4, 0.5) is 0 Å². The minimum atomic E-state index is -0.217. The zero-order valence-corrected chi connectivity index (χ0v) is 14.6. The van der Waals surface area contributed by atoms with Gasteiger partial charge in [0.1, 0.15) is 0 Å². The van der Waals surface area contributed by atoms with Gasteiger partial charge in [0.15, 0.2) is 0 Å². The van der Waals surface area contributed by atoms with Gasteiger partial charge in [-0.15, -0.1) is 23.1 Å². The maximum absolute atomic E-state index is 12.3. The summed E-state index contributed by atoms with van der Waals surface area (Å²) in [5.41, 5.74) is 0.609. The maximum Gasteiger partial charge on any atom is 0.252 e. The van der Waals surface area contributed by atoms with Gasteiger partial charge in [-0.05, 0) is 30.0 Å². The third-order valence-electron chi connectivity index (χ3n) is 3.06. The molecule has 0 aliphatic carbocycles. The molecule has 122 valence electrons. The molecule has 1 heterocycles. The quantitative estimate of drug-likeness (QED) is 0.720. The van der Waals surface area contributed by atoms with Crippen molar-refractivity contribution >= 4 is 34.9 Å². The first-order valence-electron chi connectivity index (χ1n) is 7.49. The second-order valence-corrected chi connectivity index (χ2v) is 6.95. The van der Waals surface area contributed by atoms with Crippen molar-refractivity contribution in [3.8, 4) is 0 Å². The smallest absolute Gasteiger partial charge is 0.252 e. The number of carbonyl (C=O) groups is 2. The van der Waals surface area contributed by atoms with Gasteiger partial charge in [-0.25, -0.2) is 0 Å². The Morgan fingerprint density at radius 2 is 1.96 bits per heavy atom. The van der Waals surface area contributed by atoms with Crippen molar-refractivity contribution in [3.63, 3.8) is 0 Å². The number of rotatable bonds is 8. The number of amides is 2. The topological polar surface area (TPSA) is 58.2 Å². The van der Waals surface area contributed by atoms with Gasteiger partial charge in [0.25, 0.3) is 5.91 Å². The van der Waals surface area contributed by atoms with Gasteiger partial charge in [0.05, 0.1) is 12.1 Å². The van der Waals surface area contributed by atoms with Crippen LogP contribution >= 0.6 is 23.1 Å². The highest BCUT2D eigenvalue weighted by atomic mass is 32.2. The largest absolute Gasteiger partial charge is 0.355 e. The normalized spacial score (nSPS) is 10.3. The van der Waals surface area contributed by atoms with Crippen LogP contribution < -0.4 is 10.6 Å². The van der Waals surface area contributed by atoms with Crippen LogP contribution in [0, 0.1) is 0 Å². The fourth-order valence-corrected chi connectivity index (χ4v) is 3.73. The molecule has 0 bridgehead atoms. The van der Waals surface area contributed by atoms with Crippen molar-refractivity contribution in [3.05, 3.63) is 52.2 Å². The number of hydrogen-bond acceptors (Lipinski definition) is 4. The highest BCUT2D eigenvalue weighted by Crippen LogP contribution is 2.27. The van der Waals surface area contributed by atoms with E-state index in [2.05, 4.69) is 16.7 Å². The number of benzene rings is 1. The van der Waals surface area contributed by atoms with Gasteiger partial charge in [-0.2, -0.15) is 0 Å². The van der Waals surface area contributed by atoms with E-state index in [0.29, 0.717) is 12.1 Å². The van der Waals surface area contributed by atoms with E-state index in [1.807, 2.05) is 36.6 Å². The van der Waals surface area contributed by atoms with Gasteiger partial charge >= 0.3 is 0 Å². The predicted octanol–water partition coefficient (Wildman–Crippen LogP) is 3.30. The van der Waals surface area contributed by atoms with Crippen LogP contribution in [0.3, 0.4) is 0 Å². The standard InChI is InChI=1S/C17H20N2O2S2/c1-2-9-18-16(20)11-19-17(21)14-7-3-4-8-15(14)23-12-13-6-5-10-22-13/h3-8,10H,2,9,11-12H2,1H3,(H,18,20)(H,19,21). The lowest BCUT2D eigenvalue weighted by molar-refractivity contribution is -0.120. The third-order valence-corrected chi connectivity index (χ3v) is 5.24. The molecule has 2 amide bonds. The molecule has 1 aromatic carbocycles. The number of thiophene rings is 1. The molecule has 6 heteroatoms. The Morgan fingerprint density at radius 1 is 1.13 bits per heavy atom. The average molecular weight is 348 g/mol. The average Bonchev–Trinajstić information content (AvgIpc) is 3.09. The maximum atomic E-state index is 12.3. The molecule has 1 aromatic heterocycles. The molecule has 2 aromatic rings. The summed E-state index contributed by atoms with van der Waals surface area (Å²) in [5, 5.41) is 7.46. The van der Waals surface area contributed by atoms with Gasteiger partial charge in [-0.1, -0.05) is 25.1 Å². The summed E-state index contributed by atoms with van der Waals surface area (Å²) >= 11 is 3.33. The van der Waals surface area contributed by atoms with Crippen molar-refractivity contribution in [2.45, 2.75) is 24.0 Å². The summed E-state index contributed by atoms with van der Waals surface area (Å²) in [7, 11) is 0. The second-order valence-electron chi connectivity index (χ2n) is 4.90. The Labute approximate surface area is 144 Å². The van der Waals surface area contributed by atoms with E-state index in [1.165, 1.54) is 4.88 Å². The van der Waals surface area contributed by atoms with E-state index < -0.39 is 0 Å². The summed E-state index contributed by atoms with van der Waals surface area (Å²) < 4.78 is 0. The van der Waals surface area contributed by atoms with Gasteiger partial charge in [-0.3, -0.25) is 9.59 Å². The van der Waals surface area contributed by atoms with Crippen molar-refractivity contribution in [2.75, 3.05) is 13.1 Å². The first-order chi connectivity index (χ1) is 11.2. The van der Waals surface area contributed by atoms with Crippen LogP contribution in [0.15, 0.2) is 46.7 Å². The van der Waals surface area contributed by atoms with E-state index in [1.54, 1.807) is 29.2 Å². The molecule has 0 unspecified atom stereocenters. The molecule has 0 atom stereocenters. The Balaban J connectivity index is 1.93. The number of hydrogen-bond donors (Lipinski definition) is 2. The van der Waals surface area contributed by atoms with Crippen LogP contribution in [0.1, 0.15) is 28.6 Å².